The zero-order chi connectivity index (χ0) is 18.8. The summed E-state index contributed by atoms with van der Waals surface area (Å²) in [5.41, 5.74) is 0.587. The minimum Gasteiger partial charge on any atom is -0.441 e. The van der Waals surface area contributed by atoms with Crippen LogP contribution in [0.1, 0.15) is 11.3 Å². The molecular formula is C17H15N3O5S. The molecule has 1 aromatic carbocycles. The molecule has 26 heavy (non-hydrogen) atoms. The normalized spacial score (nSPS) is 15.8. The highest BCUT2D eigenvalue weighted by Gasteiger charge is 2.35. The predicted octanol–water partition coefficient (Wildman–Crippen LogP) is 3.49. The van der Waals surface area contributed by atoms with Gasteiger partial charge in [-0.2, -0.15) is 0 Å². The summed E-state index contributed by atoms with van der Waals surface area (Å²) in [6.45, 7) is 0.0567. The number of nitrogens with zero attached hydrogens (tertiary/aromatic N) is 3. The van der Waals surface area contributed by atoms with Crippen LogP contribution in [0.4, 0.5) is 16.4 Å². The number of hydrogen-bond acceptors (Lipinski definition) is 7. The Hall–Kier alpha value is -3.07. The van der Waals surface area contributed by atoms with Gasteiger partial charge in [-0.3, -0.25) is 24.6 Å². The van der Waals surface area contributed by atoms with Crippen molar-refractivity contribution in [3.05, 3.63) is 62.7 Å². The number of imide groups is 1. The maximum atomic E-state index is 12.5. The molecule has 3 rings (SSSR count). The number of nitro groups is 1. The smallest absolute Gasteiger partial charge is 0.293 e. The molecule has 1 fully saturated rings. The van der Waals surface area contributed by atoms with Gasteiger partial charge < -0.3 is 9.32 Å². The topological polar surface area (TPSA) is 96.9 Å². The van der Waals surface area contributed by atoms with E-state index >= 15 is 0 Å². The van der Waals surface area contributed by atoms with Crippen LogP contribution < -0.4 is 4.90 Å². The van der Waals surface area contributed by atoms with Gasteiger partial charge in [-0.1, -0.05) is 12.1 Å². The molecule has 1 aromatic heterocycles. The highest BCUT2D eigenvalue weighted by Crippen LogP contribution is 2.34. The van der Waals surface area contributed by atoms with Gasteiger partial charge in [0.1, 0.15) is 5.76 Å². The van der Waals surface area contributed by atoms with E-state index in [-0.39, 0.29) is 22.4 Å². The van der Waals surface area contributed by atoms with Crippen molar-refractivity contribution in [2.24, 2.45) is 0 Å². The van der Waals surface area contributed by atoms with E-state index in [1.807, 2.05) is 14.1 Å². The number of nitro benzene ring substituents is 1. The van der Waals surface area contributed by atoms with E-state index in [1.165, 1.54) is 30.3 Å². The predicted molar refractivity (Wildman–Crippen MR) is 97.6 cm³/mol. The highest BCUT2D eigenvalue weighted by atomic mass is 32.2. The number of amides is 2. The second-order valence-corrected chi connectivity index (χ2v) is 6.76. The van der Waals surface area contributed by atoms with Gasteiger partial charge in [-0.05, 0) is 23.4 Å². The Morgan fingerprint density at radius 1 is 1.19 bits per heavy atom. The second-order valence-electron chi connectivity index (χ2n) is 5.76. The van der Waals surface area contributed by atoms with Crippen LogP contribution >= 0.6 is 11.8 Å². The van der Waals surface area contributed by atoms with Crippen molar-refractivity contribution >= 4 is 40.6 Å². The Labute approximate surface area is 153 Å². The summed E-state index contributed by atoms with van der Waals surface area (Å²) < 4.78 is 5.57. The van der Waals surface area contributed by atoms with Gasteiger partial charge in [0.2, 0.25) is 0 Å². The molecule has 0 bridgehead atoms. The fraction of sp³-hybridized carbons (Fsp3) is 0.176. The number of thioether (sulfide) groups is 1. The molecule has 0 saturated carbocycles. The summed E-state index contributed by atoms with van der Waals surface area (Å²) in [5.74, 6) is 0.706. The number of benzene rings is 1. The molecule has 0 unspecified atom stereocenters. The van der Waals surface area contributed by atoms with Crippen molar-refractivity contribution in [2.45, 2.75) is 6.54 Å². The van der Waals surface area contributed by atoms with Crippen molar-refractivity contribution in [3.8, 4) is 0 Å². The molecule has 0 radical (unpaired) electrons. The third-order valence-corrected chi connectivity index (χ3v) is 4.60. The zero-order valence-corrected chi connectivity index (χ0v) is 14.9. The van der Waals surface area contributed by atoms with Crippen LogP contribution in [0.15, 0.2) is 45.7 Å². The van der Waals surface area contributed by atoms with Crippen molar-refractivity contribution in [2.75, 3.05) is 19.0 Å². The Balaban J connectivity index is 1.75. The lowest BCUT2D eigenvalue weighted by Crippen LogP contribution is -2.27. The van der Waals surface area contributed by atoms with E-state index in [9.17, 15) is 19.7 Å². The van der Waals surface area contributed by atoms with Crippen molar-refractivity contribution in [3.63, 3.8) is 0 Å². The molecule has 1 aliphatic heterocycles. The maximum absolute atomic E-state index is 12.5. The summed E-state index contributed by atoms with van der Waals surface area (Å²) in [5, 5.41) is 10.3. The summed E-state index contributed by atoms with van der Waals surface area (Å²) in [6.07, 6.45) is 1.54. The number of carbonyl (C=O) groups excluding carboxylic acids is 2. The van der Waals surface area contributed by atoms with Gasteiger partial charge in [0, 0.05) is 38.4 Å². The summed E-state index contributed by atoms with van der Waals surface area (Å²) in [6, 6.07) is 9.24. The largest absolute Gasteiger partial charge is 0.441 e. The van der Waals surface area contributed by atoms with Crippen LogP contribution in [0.5, 0.6) is 0 Å². The molecular weight excluding hydrogens is 358 g/mol. The van der Waals surface area contributed by atoms with Crippen LogP contribution in [0, 0.1) is 10.1 Å². The number of hydrogen-bond donors (Lipinski definition) is 0. The van der Waals surface area contributed by atoms with Gasteiger partial charge in [0.15, 0.2) is 5.88 Å². The molecule has 0 spiro atoms. The molecule has 2 aromatic rings. The van der Waals surface area contributed by atoms with Crippen molar-refractivity contribution < 1.29 is 18.9 Å². The van der Waals surface area contributed by atoms with Gasteiger partial charge in [0.25, 0.3) is 16.8 Å². The molecule has 1 aliphatic rings. The standard InChI is InChI=1S/C17H15N3O5S/c1-18(2)15-8-7-13(25-15)9-14-16(21)19(17(22)26-14)10-11-3-5-12(6-4-11)20(23)24/h3-9H,10H2,1-2H3/b14-9-. The molecule has 0 aliphatic carbocycles. The monoisotopic (exact) mass is 373 g/mol. The van der Waals surface area contributed by atoms with E-state index in [2.05, 4.69) is 0 Å². The third-order valence-electron chi connectivity index (χ3n) is 3.69. The average molecular weight is 373 g/mol. The Bertz CT molecular complexity index is 901. The lowest BCUT2D eigenvalue weighted by Gasteiger charge is -2.12. The van der Waals surface area contributed by atoms with E-state index in [0.29, 0.717) is 17.2 Å². The minimum absolute atomic E-state index is 0.0442. The highest BCUT2D eigenvalue weighted by molar-refractivity contribution is 8.18. The second kappa shape index (κ2) is 7.04. The van der Waals surface area contributed by atoms with Crippen molar-refractivity contribution in [1.82, 2.24) is 4.90 Å². The Kier molecular flexibility index (Phi) is 4.81. The first-order chi connectivity index (χ1) is 12.3. The van der Waals surface area contributed by atoms with E-state index in [4.69, 9.17) is 4.42 Å². The van der Waals surface area contributed by atoms with Gasteiger partial charge >= 0.3 is 0 Å². The number of carbonyl (C=O) groups is 2. The molecule has 1 saturated heterocycles. The fourth-order valence-electron chi connectivity index (χ4n) is 2.33. The molecule has 2 heterocycles. The van der Waals surface area contributed by atoms with E-state index in [1.54, 1.807) is 17.0 Å². The number of anilines is 1. The molecule has 8 nitrogen and oxygen atoms in total. The van der Waals surface area contributed by atoms with E-state index in [0.717, 1.165) is 16.7 Å². The molecule has 0 N–H and O–H groups in total. The number of furan rings is 1. The number of non-ortho nitro benzene ring substituents is 1. The summed E-state index contributed by atoms with van der Waals surface area (Å²) in [7, 11) is 3.67. The van der Waals surface area contributed by atoms with Crippen LogP contribution in [0.25, 0.3) is 6.08 Å². The van der Waals surface area contributed by atoms with E-state index < -0.39 is 10.8 Å². The minimum atomic E-state index is -0.502. The number of rotatable bonds is 5. The van der Waals surface area contributed by atoms with Crippen LogP contribution in [0.3, 0.4) is 0 Å². The molecule has 0 atom stereocenters. The van der Waals surface area contributed by atoms with Gasteiger partial charge in [-0.25, -0.2) is 0 Å². The first-order valence-electron chi connectivity index (χ1n) is 7.61. The third kappa shape index (κ3) is 3.62. The first kappa shape index (κ1) is 17.7. The summed E-state index contributed by atoms with van der Waals surface area (Å²) in [4.78, 5) is 38.0. The van der Waals surface area contributed by atoms with Crippen LogP contribution in [-0.2, 0) is 11.3 Å². The fourth-order valence-corrected chi connectivity index (χ4v) is 3.15. The molecule has 9 heteroatoms. The maximum Gasteiger partial charge on any atom is 0.293 e. The van der Waals surface area contributed by atoms with Gasteiger partial charge in [-0.15, -0.1) is 0 Å². The Morgan fingerprint density at radius 3 is 2.46 bits per heavy atom. The molecule has 134 valence electrons. The average Bonchev–Trinajstić information content (AvgIpc) is 3.16. The lowest BCUT2D eigenvalue weighted by atomic mass is 10.2. The SMILES string of the molecule is CN(C)c1ccc(/C=C2\SC(=O)N(Cc3ccc([N+](=O)[O-])cc3)C2=O)o1. The first-order valence-corrected chi connectivity index (χ1v) is 8.42. The van der Waals surface area contributed by atoms with Gasteiger partial charge in [0.05, 0.1) is 16.4 Å². The Morgan fingerprint density at radius 2 is 1.88 bits per heavy atom. The molecule has 2 amide bonds. The van der Waals surface area contributed by atoms with Crippen LogP contribution in [0.2, 0.25) is 0 Å². The summed E-state index contributed by atoms with van der Waals surface area (Å²) >= 11 is 0.838. The van der Waals surface area contributed by atoms with Crippen LogP contribution in [-0.4, -0.2) is 35.1 Å². The zero-order valence-electron chi connectivity index (χ0n) is 14.0. The lowest BCUT2D eigenvalue weighted by molar-refractivity contribution is -0.384. The van der Waals surface area contributed by atoms with Crippen molar-refractivity contribution in [1.29, 1.82) is 0 Å². The quantitative estimate of drug-likeness (QED) is 0.449.